The molecular formula is C29H19N5O. The molecule has 0 unspecified atom stereocenters. The van der Waals surface area contributed by atoms with Crippen LogP contribution in [0, 0.1) is 11.3 Å². The molecule has 0 bridgehead atoms. The van der Waals surface area contributed by atoms with E-state index in [1.54, 1.807) is 6.20 Å². The van der Waals surface area contributed by atoms with Gasteiger partial charge >= 0.3 is 0 Å². The van der Waals surface area contributed by atoms with Crippen molar-refractivity contribution in [3.8, 4) is 39.6 Å². The van der Waals surface area contributed by atoms with Crippen LogP contribution in [0.25, 0.3) is 50.1 Å². The van der Waals surface area contributed by atoms with Crippen LogP contribution < -0.4 is 5.56 Å². The van der Waals surface area contributed by atoms with Gasteiger partial charge in [-0.05, 0) is 29.3 Å². The molecule has 35 heavy (non-hydrogen) atoms. The third-order valence-corrected chi connectivity index (χ3v) is 6.12. The van der Waals surface area contributed by atoms with Gasteiger partial charge < -0.3 is 4.98 Å². The topological polar surface area (TPSA) is 86.8 Å². The largest absolute Gasteiger partial charge is 0.341 e. The second-order valence-electron chi connectivity index (χ2n) is 8.25. The molecule has 0 aliphatic rings. The van der Waals surface area contributed by atoms with Gasteiger partial charge in [0.25, 0.3) is 5.56 Å². The molecule has 3 heterocycles. The summed E-state index contributed by atoms with van der Waals surface area (Å²) in [7, 11) is 0. The number of hydrogen-bond acceptors (Lipinski definition) is 4. The Balaban J connectivity index is 1.70. The SMILES string of the molecule is N#CCc1[nH]c2c(-c3ccccc3)c(-c3ccccc3)nn2c(=O)c1-c1ccc2ncccc2c1. The minimum atomic E-state index is -0.272. The molecule has 6 heteroatoms. The predicted molar refractivity (Wildman–Crippen MR) is 137 cm³/mol. The summed E-state index contributed by atoms with van der Waals surface area (Å²) in [6, 6.07) is 31.4. The zero-order valence-electron chi connectivity index (χ0n) is 18.6. The lowest BCUT2D eigenvalue weighted by Gasteiger charge is -2.10. The fourth-order valence-corrected chi connectivity index (χ4v) is 4.54. The van der Waals surface area contributed by atoms with E-state index in [1.165, 1.54) is 4.52 Å². The highest BCUT2D eigenvalue weighted by molar-refractivity contribution is 5.91. The molecule has 0 saturated carbocycles. The maximum Gasteiger partial charge on any atom is 0.282 e. The van der Waals surface area contributed by atoms with Gasteiger partial charge in [0.05, 0.1) is 29.1 Å². The van der Waals surface area contributed by atoms with Crippen LogP contribution in [0.4, 0.5) is 0 Å². The summed E-state index contributed by atoms with van der Waals surface area (Å²) in [4.78, 5) is 21.7. The van der Waals surface area contributed by atoms with Crippen LogP contribution in [0.3, 0.4) is 0 Å². The summed E-state index contributed by atoms with van der Waals surface area (Å²) in [6.07, 6.45) is 1.80. The smallest absolute Gasteiger partial charge is 0.282 e. The van der Waals surface area contributed by atoms with Crippen molar-refractivity contribution >= 4 is 16.6 Å². The lowest BCUT2D eigenvalue weighted by molar-refractivity contribution is 0.891. The Kier molecular flexibility index (Phi) is 4.94. The number of hydrogen-bond donors (Lipinski definition) is 1. The number of H-pyrrole nitrogens is 1. The first-order valence-corrected chi connectivity index (χ1v) is 11.3. The van der Waals surface area contributed by atoms with E-state index in [2.05, 4.69) is 16.0 Å². The Morgan fingerprint density at radius 2 is 1.57 bits per heavy atom. The molecule has 166 valence electrons. The number of fused-ring (bicyclic) bond motifs is 2. The highest BCUT2D eigenvalue weighted by Crippen LogP contribution is 2.35. The fourth-order valence-electron chi connectivity index (χ4n) is 4.54. The minimum absolute atomic E-state index is 0.0617. The van der Waals surface area contributed by atoms with E-state index in [1.807, 2.05) is 91.0 Å². The molecule has 3 aromatic heterocycles. The van der Waals surface area contributed by atoms with Crippen LogP contribution in [-0.2, 0) is 6.42 Å². The van der Waals surface area contributed by atoms with E-state index >= 15 is 0 Å². The van der Waals surface area contributed by atoms with Gasteiger partial charge in [0, 0.05) is 22.8 Å². The van der Waals surface area contributed by atoms with Crippen molar-refractivity contribution in [2.24, 2.45) is 0 Å². The van der Waals surface area contributed by atoms with Crippen LogP contribution in [0.2, 0.25) is 0 Å². The Morgan fingerprint density at radius 3 is 2.31 bits per heavy atom. The lowest BCUT2D eigenvalue weighted by atomic mass is 10.00. The molecule has 0 fully saturated rings. The van der Waals surface area contributed by atoms with Gasteiger partial charge in [-0.25, -0.2) is 0 Å². The molecule has 0 amide bonds. The van der Waals surface area contributed by atoms with Crippen molar-refractivity contribution in [3.05, 3.63) is 113 Å². The summed E-state index contributed by atoms with van der Waals surface area (Å²) >= 11 is 0. The molecule has 0 spiro atoms. The predicted octanol–water partition coefficient (Wildman–Crippen LogP) is 5.64. The first-order valence-electron chi connectivity index (χ1n) is 11.3. The van der Waals surface area contributed by atoms with E-state index in [4.69, 9.17) is 5.10 Å². The Bertz CT molecular complexity index is 1790. The molecule has 1 N–H and O–H groups in total. The Labute approximate surface area is 200 Å². The van der Waals surface area contributed by atoms with Gasteiger partial charge in [0.1, 0.15) is 11.3 Å². The first kappa shape index (κ1) is 20.6. The van der Waals surface area contributed by atoms with Gasteiger partial charge in [0.15, 0.2) is 0 Å². The van der Waals surface area contributed by atoms with E-state index in [0.717, 1.165) is 33.2 Å². The number of aromatic amines is 1. The highest BCUT2D eigenvalue weighted by atomic mass is 16.1. The second-order valence-corrected chi connectivity index (χ2v) is 8.25. The van der Waals surface area contributed by atoms with Gasteiger partial charge in [-0.1, -0.05) is 72.8 Å². The average molecular weight is 454 g/mol. The fraction of sp³-hybridized carbons (Fsp3) is 0.0345. The molecular weight excluding hydrogens is 434 g/mol. The Morgan fingerprint density at radius 1 is 0.829 bits per heavy atom. The van der Waals surface area contributed by atoms with E-state index in [0.29, 0.717) is 22.6 Å². The van der Waals surface area contributed by atoms with Crippen LogP contribution in [0.1, 0.15) is 5.69 Å². The normalized spacial score (nSPS) is 11.1. The van der Waals surface area contributed by atoms with Crippen molar-refractivity contribution in [2.75, 3.05) is 0 Å². The molecule has 3 aromatic carbocycles. The van der Waals surface area contributed by atoms with Gasteiger partial charge in [0.2, 0.25) is 0 Å². The number of nitrogens with zero attached hydrogens (tertiary/aromatic N) is 4. The molecule has 6 nitrogen and oxygen atoms in total. The zero-order valence-corrected chi connectivity index (χ0v) is 18.6. The first-order chi connectivity index (χ1) is 17.2. The van der Waals surface area contributed by atoms with Crippen molar-refractivity contribution in [1.82, 2.24) is 19.6 Å². The number of aromatic nitrogens is 4. The van der Waals surface area contributed by atoms with Crippen molar-refractivity contribution < 1.29 is 0 Å². The number of nitriles is 1. The number of pyridine rings is 1. The maximum atomic E-state index is 13.9. The number of rotatable bonds is 4. The highest BCUT2D eigenvalue weighted by Gasteiger charge is 2.22. The number of benzene rings is 3. The summed E-state index contributed by atoms with van der Waals surface area (Å²) in [5.74, 6) is 0. The van der Waals surface area contributed by atoms with Gasteiger partial charge in [-0.15, -0.1) is 0 Å². The molecule has 6 aromatic rings. The molecule has 0 aliphatic heterocycles. The van der Waals surface area contributed by atoms with Gasteiger partial charge in [-0.2, -0.15) is 14.9 Å². The standard InChI is InChI=1S/C29H19N5O/c30-16-15-24-25(22-13-14-23-21(18-22)12-7-17-31-23)29(35)34-28(32-24)26(19-8-3-1-4-9-19)27(33-34)20-10-5-2-6-11-20/h1-14,17-18,32H,15H2. The molecule has 0 aliphatic carbocycles. The quantitative estimate of drug-likeness (QED) is 0.374. The van der Waals surface area contributed by atoms with Crippen LogP contribution in [-0.4, -0.2) is 19.6 Å². The monoisotopic (exact) mass is 453 g/mol. The molecule has 0 atom stereocenters. The van der Waals surface area contributed by atoms with Crippen LogP contribution in [0.15, 0.2) is 102 Å². The number of nitrogens with one attached hydrogen (secondary N) is 1. The molecule has 0 saturated heterocycles. The summed E-state index contributed by atoms with van der Waals surface area (Å²) in [5.41, 5.74) is 6.21. The van der Waals surface area contributed by atoms with E-state index in [9.17, 15) is 10.1 Å². The van der Waals surface area contributed by atoms with Crippen LogP contribution >= 0.6 is 0 Å². The average Bonchev–Trinajstić information content (AvgIpc) is 3.30. The van der Waals surface area contributed by atoms with Crippen molar-refractivity contribution in [3.63, 3.8) is 0 Å². The minimum Gasteiger partial charge on any atom is -0.341 e. The molecule has 6 rings (SSSR count). The summed E-state index contributed by atoms with van der Waals surface area (Å²) < 4.78 is 1.42. The van der Waals surface area contributed by atoms with Crippen molar-refractivity contribution in [2.45, 2.75) is 6.42 Å². The van der Waals surface area contributed by atoms with E-state index in [-0.39, 0.29) is 12.0 Å². The van der Waals surface area contributed by atoms with Gasteiger partial charge in [-0.3, -0.25) is 9.78 Å². The van der Waals surface area contributed by atoms with Crippen LogP contribution in [0.5, 0.6) is 0 Å². The third-order valence-electron chi connectivity index (χ3n) is 6.12. The molecule has 0 radical (unpaired) electrons. The second kappa shape index (κ2) is 8.40. The lowest BCUT2D eigenvalue weighted by Crippen LogP contribution is -2.20. The van der Waals surface area contributed by atoms with E-state index < -0.39 is 0 Å². The third kappa shape index (κ3) is 3.47. The summed E-state index contributed by atoms with van der Waals surface area (Å²) in [6.45, 7) is 0. The maximum absolute atomic E-state index is 13.9. The van der Waals surface area contributed by atoms with Crippen molar-refractivity contribution in [1.29, 1.82) is 5.26 Å². The zero-order chi connectivity index (χ0) is 23.8. The summed E-state index contributed by atoms with van der Waals surface area (Å²) in [5, 5.41) is 15.3. The Hall–Kier alpha value is -5.02.